The van der Waals surface area contributed by atoms with E-state index in [1.54, 1.807) is 54.6 Å². The molecule has 244 valence electrons. The number of ether oxygens (including phenoxy) is 1. The number of benzene rings is 4. The fourth-order valence-corrected chi connectivity index (χ4v) is 8.70. The van der Waals surface area contributed by atoms with Crippen molar-refractivity contribution in [3.63, 3.8) is 0 Å². The Balaban J connectivity index is 1.45. The third-order valence-corrected chi connectivity index (χ3v) is 10.7. The molecule has 1 saturated carbocycles. The highest BCUT2D eigenvalue weighted by atomic mass is 79.9. The Morgan fingerprint density at radius 1 is 0.857 bits per heavy atom. The minimum absolute atomic E-state index is 0.0465. The standard InChI is InChI=1S/C39H30BrN3O6/c1-49-32-20-25(40)19-29(36(32)46)34-27-17-18-41-37(47)42(26-15-9-4-10-16-26)38(48)43(41)31(27)22-30-35(45)28(23-11-5-2-6-12-23)21-33(44)39(30,34)24-13-7-3-8-14-24/h2-17,19-21,30-31,34,46H,18,22H2,1H3. The molecule has 1 fully saturated rings. The van der Waals surface area contributed by atoms with Crippen molar-refractivity contribution in [2.24, 2.45) is 5.92 Å². The number of rotatable bonds is 5. The highest BCUT2D eigenvalue weighted by Crippen LogP contribution is 2.63. The average Bonchev–Trinajstić information content (AvgIpc) is 3.39. The molecule has 4 aromatic carbocycles. The molecule has 2 heterocycles. The van der Waals surface area contributed by atoms with Crippen molar-refractivity contribution in [3.8, 4) is 17.2 Å². The van der Waals surface area contributed by atoms with Crippen LogP contribution in [0.4, 0.5) is 0 Å². The van der Waals surface area contributed by atoms with Crippen LogP contribution in [-0.2, 0) is 21.5 Å². The Kier molecular flexibility index (Phi) is 7.29. The first-order valence-corrected chi connectivity index (χ1v) is 16.7. The number of Topliss-reactive ketones (excluding diaryl/α,β-unsaturated/α-hetero) is 1. The lowest BCUT2D eigenvalue weighted by Gasteiger charge is -2.54. The van der Waals surface area contributed by atoms with E-state index in [9.17, 15) is 14.7 Å². The third-order valence-electron chi connectivity index (χ3n) is 10.3. The predicted molar refractivity (Wildman–Crippen MR) is 187 cm³/mol. The Labute approximate surface area is 289 Å². The molecule has 0 bridgehead atoms. The number of carbonyl (C=O) groups is 2. The number of nitrogens with zero attached hydrogens (tertiary/aromatic N) is 3. The van der Waals surface area contributed by atoms with E-state index in [0.29, 0.717) is 32.4 Å². The molecule has 4 unspecified atom stereocenters. The smallest absolute Gasteiger partial charge is 0.352 e. The Bertz CT molecular complexity index is 2340. The predicted octanol–water partition coefficient (Wildman–Crippen LogP) is 5.74. The van der Waals surface area contributed by atoms with Crippen molar-refractivity contribution < 1.29 is 19.4 Å². The minimum Gasteiger partial charge on any atom is -0.504 e. The lowest BCUT2D eigenvalue weighted by molar-refractivity contribution is -0.133. The molecule has 1 aliphatic heterocycles. The van der Waals surface area contributed by atoms with E-state index in [-0.39, 0.29) is 41.6 Å². The molecule has 2 aliphatic carbocycles. The molecule has 3 aliphatic rings. The topological polar surface area (TPSA) is 113 Å². The first-order chi connectivity index (χ1) is 23.8. The largest absolute Gasteiger partial charge is 0.504 e. The maximum absolute atomic E-state index is 15.1. The maximum Gasteiger partial charge on any atom is 0.352 e. The quantitative estimate of drug-likeness (QED) is 0.233. The van der Waals surface area contributed by atoms with Crippen molar-refractivity contribution in [2.45, 2.75) is 30.3 Å². The van der Waals surface area contributed by atoms with Crippen molar-refractivity contribution in [2.75, 3.05) is 7.11 Å². The van der Waals surface area contributed by atoms with Crippen LogP contribution in [0.2, 0.25) is 0 Å². The summed E-state index contributed by atoms with van der Waals surface area (Å²) < 4.78 is 10.1. The van der Waals surface area contributed by atoms with Gasteiger partial charge in [-0.2, -0.15) is 0 Å². The molecular weight excluding hydrogens is 686 g/mol. The van der Waals surface area contributed by atoms with Crippen LogP contribution < -0.4 is 16.1 Å². The zero-order valence-corrected chi connectivity index (χ0v) is 27.9. The number of carbonyl (C=O) groups excluding carboxylic acids is 2. The number of aromatic hydroxyl groups is 1. The number of para-hydroxylation sites is 1. The van der Waals surface area contributed by atoms with E-state index >= 15 is 9.59 Å². The highest BCUT2D eigenvalue weighted by molar-refractivity contribution is 9.10. The molecule has 0 spiro atoms. The molecule has 0 radical (unpaired) electrons. The number of hydrogen-bond acceptors (Lipinski definition) is 6. The van der Waals surface area contributed by atoms with Gasteiger partial charge in [-0.3, -0.25) is 9.59 Å². The first-order valence-electron chi connectivity index (χ1n) is 15.9. The van der Waals surface area contributed by atoms with Gasteiger partial charge in [0.1, 0.15) is 0 Å². The van der Waals surface area contributed by atoms with Crippen LogP contribution in [0.3, 0.4) is 0 Å². The summed E-state index contributed by atoms with van der Waals surface area (Å²) in [6, 6.07) is 29.5. The second kappa shape index (κ2) is 11.6. The van der Waals surface area contributed by atoms with Crippen LogP contribution in [0.25, 0.3) is 11.3 Å². The van der Waals surface area contributed by atoms with Gasteiger partial charge in [0.25, 0.3) is 0 Å². The van der Waals surface area contributed by atoms with Crippen LogP contribution in [0.15, 0.2) is 135 Å². The van der Waals surface area contributed by atoms with Gasteiger partial charge in [-0.25, -0.2) is 23.5 Å². The number of fused-ring (bicyclic) bond motifs is 4. The third kappa shape index (κ3) is 4.43. The fourth-order valence-electron chi connectivity index (χ4n) is 8.25. The number of halogens is 1. The van der Waals surface area contributed by atoms with Crippen molar-refractivity contribution in [1.29, 1.82) is 0 Å². The molecule has 1 N–H and O–H groups in total. The van der Waals surface area contributed by atoms with Gasteiger partial charge in [-0.15, -0.1) is 0 Å². The summed E-state index contributed by atoms with van der Waals surface area (Å²) in [5.41, 5.74) is 0.380. The van der Waals surface area contributed by atoms with E-state index < -0.39 is 34.7 Å². The lowest BCUT2D eigenvalue weighted by Crippen LogP contribution is -2.58. The van der Waals surface area contributed by atoms with Gasteiger partial charge in [0, 0.05) is 27.4 Å². The molecule has 10 heteroatoms. The van der Waals surface area contributed by atoms with E-state index in [4.69, 9.17) is 4.74 Å². The summed E-state index contributed by atoms with van der Waals surface area (Å²) in [4.78, 5) is 58.3. The van der Waals surface area contributed by atoms with E-state index in [1.165, 1.54) is 22.5 Å². The zero-order chi connectivity index (χ0) is 34.0. The number of methoxy groups -OCH3 is 1. The number of aromatic nitrogens is 3. The highest BCUT2D eigenvalue weighted by Gasteiger charge is 2.63. The summed E-state index contributed by atoms with van der Waals surface area (Å²) in [5, 5.41) is 11.8. The molecule has 49 heavy (non-hydrogen) atoms. The maximum atomic E-state index is 15.1. The SMILES string of the molecule is COc1cc(Br)cc(C2C3=CCn4c(=O)n(-c5ccccc5)c(=O)n4C3CC3C(=O)C(c4ccccc4)=CC(=O)C32c2ccccc2)c1O. The number of phenols is 1. The monoisotopic (exact) mass is 715 g/mol. The zero-order valence-electron chi connectivity index (χ0n) is 26.3. The number of phenolic OH excluding ortho intramolecular Hbond substituents is 1. The minimum atomic E-state index is -1.50. The molecule has 0 saturated heterocycles. The Morgan fingerprint density at radius 3 is 2.18 bits per heavy atom. The van der Waals surface area contributed by atoms with E-state index in [2.05, 4.69) is 15.9 Å². The lowest BCUT2D eigenvalue weighted by atomic mass is 9.47. The summed E-state index contributed by atoms with van der Waals surface area (Å²) in [5.74, 6) is -2.44. The van der Waals surface area contributed by atoms with Gasteiger partial charge in [0.05, 0.1) is 30.8 Å². The molecular formula is C39H30BrN3O6. The summed E-state index contributed by atoms with van der Waals surface area (Å²) in [6.45, 7) is 0.0465. The number of hydrogen-bond donors (Lipinski definition) is 1. The summed E-state index contributed by atoms with van der Waals surface area (Å²) >= 11 is 3.57. The molecule has 1 aromatic heterocycles. The van der Waals surface area contributed by atoms with E-state index in [1.807, 2.05) is 54.6 Å². The molecule has 4 atom stereocenters. The second-order valence-corrected chi connectivity index (χ2v) is 13.5. The summed E-state index contributed by atoms with van der Waals surface area (Å²) in [7, 11) is 1.44. The van der Waals surface area contributed by atoms with Crippen molar-refractivity contribution in [1.82, 2.24) is 13.9 Å². The van der Waals surface area contributed by atoms with Crippen LogP contribution in [0.5, 0.6) is 11.5 Å². The molecule has 5 aromatic rings. The fraction of sp³-hybridized carbons (Fsp3) is 0.179. The van der Waals surface area contributed by atoms with Crippen LogP contribution in [0.1, 0.15) is 35.1 Å². The van der Waals surface area contributed by atoms with Gasteiger partial charge in [0.15, 0.2) is 23.1 Å². The Hall–Kier alpha value is -5.48. The normalized spacial score (nSPS) is 22.8. The van der Waals surface area contributed by atoms with Gasteiger partial charge in [-0.1, -0.05) is 101 Å². The van der Waals surface area contributed by atoms with Crippen LogP contribution in [-0.4, -0.2) is 37.7 Å². The van der Waals surface area contributed by atoms with Crippen molar-refractivity contribution >= 4 is 33.1 Å². The van der Waals surface area contributed by atoms with Gasteiger partial charge in [-0.05, 0) is 53.5 Å². The van der Waals surface area contributed by atoms with Crippen LogP contribution in [0, 0.1) is 5.92 Å². The summed E-state index contributed by atoms with van der Waals surface area (Å²) in [6.07, 6.45) is 3.38. The Morgan fingerprint density at radius 2 is 1.51 bits per heavy atom. The number of ketones is 2. The van der Waals surface area contributed by atoms with E-state index in [0.717, 1.165) is 4.57 Å². The molecule has 0 amide bonds. The second-order valence-electron chi connectivity index (χ2n) is 12.5. The van der Waals surface area contributed by atoms with Gasteiger partial charge < -0.3 is 9.84 Å². The van der Waals surface area contributed by atoms with Crippen molar-refractivity contribution in [3.05, 3.63) is 163 Å². The molecule has 8 rings (SSSR count). The van der Waals surface area contributed by atoms with Gasteiger partial charge in [0.2, 0.25) is 0 Å². The average molecular weight is 717 g/mol. The molecule has 9 nitrogen and oxygen atoms in total. The first kappa shape index (κ1) is 30.8. The number of allylic oxidation sites excluding steroid dienone is 4. The van der Waals surface area contributed by atoms with Gasteiger partial charge >= 0.3 is 11.4 Å². The van der Waals surface area contributed by atoms with Crippen LogP contribution >= 0.6 is 15.9 Å².